The molecule has 1 heterocycles. The number of aromatic nitrogens is 1. The van der Waals surface area contributed by atoms with Gasteiger partial charge in [0.25, 0.3) is 11.6 Å². The molecule has 1 aromatic carbocycles. The molecule has 0 unspecified atom stereocenters. The predicted molar refractivity (Wildman–Crippen MR) is 103 cm³/mol. The first kappa shape index (κ1) is 19.6. The minimum Gasteiger partial charge on any atom is -0.493 e. The Morgan fingerprint density at radius 1 is 1.29 bits per heavy atom. The van der Waals surface area contributed by atoms with E-state index < -0.39 is 10.8 Å². The Morgan fingerprint density at radius 3 is 2.71 bits per heavy atom. The monoisotopic (exact) mass is 385 g/mol. The highest BCUT2D eigenvalue weighted by Crippen LogP contribution is 2.32. The van der Waals surface area contributed by atoms with E-state index in [9.17, 15) is 14.9 Å². The maximum absolute atomic E-state index is 12.4. The van der Waals surface area contributed by atoms with Crippen molar-refractivity contribution in [2.45, 2.75) is 45.3 Å². The number of amides is 1. The zero-order valence-electron chi connectivity index (χ0n) is 15.9. The first-order chi connectivity index (χ1) is 13.5. The van der Waals surface area contributed by atoms with Gasteiger partial charge in [0, 0.05) is 12.6 Å². The van der Waals surface area contributed by atoms with Crippen LogP contribution in [0.4, 0.5) is 5.69 Å². The lowest BCUT2D eigenvalue weighted by Crippen LogP contribution is -2.24. The van der Waals surface area contributed by atoms with Crippen molar-refractivity contribution in [1.82, 2.24) is 10.3 Å². The van der Waals surface area contributed by atoms with Crippen molar-refractivity contribution < 1.29 is 19.2 Å². The Morgan fingerprint density at radius 2 is 2.04 bits per heavy atom. The fourth-order valence-electron chi connectivity index (χ4n) is 3.23. The minimum atomic E-state index is -0.572. The molecule has 0 atom stereocenters. The van der Waals surface area contributed by atoms with Crippen LogP contribution in [0.15, 0.2) is 30.5 Å². The Balaban J connectivity index is 1.67. The number of aryl methyl sites for hydroxylation is 1. The van der Waals surface area contributed by atoms with Crippen LogP contribution in [-0.4, -0.2) is 29.0 Å². The highest BCUT2D eigenvalue weighted by molar-refractivity contribution is 5.95. The lowest BCUT2D eigenvalue weighted by molar-refractivity contribution is -0.385. The van der Waals surface area contributed by atoms with Crippen molar-refractivity contribution in [3.8, 4) is 11.5 Å². The second-order valence-corrected chi connectivity index (χ2v) is 6.78. The van der Waals surface area contributed by atoms with E-state index in [2.05, 4.69) is 10.3 Å². The summed E-state index contributed by atoms with van der Waals surface area (Å²) in [5.74, 6) is 0.897. The standard InChI is InChI=1S/C20H23N3O5/c1-13-17(10-15(12-21-13)23(25)26)20(24)22-11-14-7-8-18(19(9-14)27-2)28-16-5-3-4-6-16/h7-10,12,16H,3-6,11H2,1-2H3,(H,22,24). The van der Waals surface area contributed by atoms with Crippen molar-refractivity contribution in [2.75, 3.05) is 7.11 Å². The Labute approximate surface area is 163 Å². The molecule has 1 aliphatic rings. The number of hydrogen-bond acceptors (Lipinski definition) is 6. The molecule has 2 aromatic rings. The van der Waals surface area contributed by atoms with Gasteiger partial charge in [-0.25, -0.2) is 0 Å². The molecule has 0 bridgehead atoms. The summed E-state index contributed by atoms with van der Waals surface area (Å²) in [6.07, 6.45) is 5.84. The molecule has 28 heavy (non-hydrogen) atoms. The van der Waals surface area contributed by atoms with Gasteiger partial charge in [-0.15, -0.1) is 0 Å². The third-order valence-corrected chi connectivity index (χ3v) is 4.80. The second-order valence-electron chi connectivity index (χ2n) is 6.78. The summed E-state index contributed by atoms with van der Waals surface area (Å²) in [4.78, 5) is 26.7. The molecule has 0 saturated heterocycles. The molecule has 0 aliphatic heterocycles. The van der Waals surface area contributed by atoms with Crippen molar-refractivity contribution >= 4 is 11.6 Å². The Bertz CT molecular complexity index is 878. The van der Waals surface area contributed by atoms with E-state index in [1.807, 2.05) is 18.2 Å². The average Bonchev–Trinajstić information content (AvgIpc) is 3.20. The summed E-state index contributed by atoms with van der Waals surface area (Å²) in [5.41, 5.74) is 1.23. The van der Waals surface area contributed by atoms with E-state index in [1.165, 1.54) is 18.9 Å². The molecule has 1 fully saturated rings. The lowest BCUT2D eigenvalue weighted by atomic mass is 10.1. The molecular formula is C20H23N3O5. The van der Waals surface area contributed by atoms with Gasteiger partial charge in [0.2, 0.25) is 0 Å². The molecule has 8 heteroatoms. The third-order valence-electron chi connectivity index (χ3n) is 4.80. The van der Waals surface area contributed by atoms with E-state index in [4.69, 9.17) is 9.47 Å². The van der Waals surface area contributed by atoms with Gasteiger partial charge < -0.3 is 14.8 Å². The smallest absolute Gasteiger partial charge is 0.288 e. The number of carbonyl (C=O) groups is 1. The van der Waals surface area contributed by atoms with Crippen LogP contribution in [-0.2, 0) is 6.54 Å². The van der Waals surface area contributed by atoms with Crippen LogP contribution in [0.3, 0.4) is 0 Å². The highest BCUT2D eigenvalue weighted by atomic mass is 16.6. The zero-order chi connectivity index (χ0) is 20.1. The molecule has 1 amide bonds. The van der Waals surface area contributed by atoms with Crippen molar-refractivity contribution in [2.24, 2.45) is 0 Å². The van der Waals surface area contributed by atoms with Crippen LogP contribution >= 0.6 is 0 Å². The zero-order valence-corrected chi connectivity index (χ0v) is 15.9. The maximum Gasteiger partial charge on any atom is 0.288 e. The lowest BCUT2D eigenvalue weighted by Gasteiger charge is -2.17. The largest absolute Gasteiger partial charge is 0.493 e. The number of nitro groups is 1. The van der Waals surface area contributed by atoms with E-state index in [0.717, 1.165) is 24.6 Å². The molecule has 0 spiro atoms. The topological polar surface area (TPSA) is 104 Å². The molecular weight excluding hydrogens is 362 g/mol. The van der Waals surface area contributed by atoms with Crippen molar-refractivity contribution in [3.05, 3.63) is 57.4 Å². The van der Waals surface area contributed by atoms with E-state index in [0.29, 0.717) is 17.2 Å². The Kier molecular flexibility index (Phi) is 6.08. The molecule has 3 rings (SSSR count). The highest BCUT2D eigenvalue weighted by Gasteiger charge is 2.19. The summed E-state index contributed by atoms with van der Waals surface area (Å²) in [6.45, 7) is 1.89. The number of nitrogens with zero attached hydrogens (tertiary/aromatic N) is 2. The fourth-order valence-corrected chi connectivity index (χ4v) is 3.23. The molecule has 1 saturated carbocycles. The minimum absolute atomic E-state index is 0.183. The van der Waals surface area contributed by atoms with Crippen LogP contribution < -0.4 is 14.8 Å². The van der Waals surface area contributed by atoms with Gasteiger partial charge in [0.15, 0.2) is 11.5 Å². The molecule has 8 nitrogen and oxygen atoms in total. The van der Waals surface area contributed by atoms with Gasteiger partial charge in [0.1, 0.15) is 6.20 Å². The predicted octanol–water partition coefficient (Wildman–Crippen LogP) is 3.56. The number of pyridine rings is 1. The quantitative estimate of drug-likeness (QED) is 0.577. The number of benzene rings is 1. The molecule has 1 aliphatic carbocycles. The van der Waals surface area contributed by atoms with Gasteiger partial charge in [-0.1, -0.05) is 6.07 Å². The second kappa shape index (κ2) is 8.69. The number of nitrogens with one attached hydrogen (secondary N) is 1. The third kappa shape index (κ3) is 4.57. The fraction of sp³-hybridized carbons (Fsp3) is 0.400. The summed E-state index contributed by atoms with van der Waals surface area (Å²) in [6, 6.07) is 6.77. The van der Waals surface area contributed by atoms with Crippen LogP contribution in [0.2, 0.25) is 0 Å². The van der Waals surface area contributed by atoms with Gasteiger partial charge in [-0.05, 0) is 50.3 Å². The van der Waals surface area contributed by atoms with E-state index >= 15 is 0 Å². The normalized spacial score (nSPS) is 13.9. The molecule has 0 radical (unpaired) electrons. The summed E-state index contributed by atoms with van der Waals surface area (Å²) >= 11 is 0. The number of ether oxygens (including phenoxy) is 2. The van der Waals surface area contributed by atoms with Crippen LogP contribution in [0.1, 0.15) is 47.3 Å². The van der Waals surface area contributed by atoms with Crippen LogP contribution in [0.5, 0.6) is 11.5 Å². The molecule has 1 aromatic heterocycles. The first-order valence-electron chi connectivity index (χ1n) is 9.20. The van der Waals surface area contributed by atoms with Crippen LogP contribution in [0, 0.1) is 17.0 Å². The van der Waals surface area contributed by atoms with Gasteiger partial charge in [-0.2, -0.15) is 0 Å². The van der Waals surface area contributed by atoms with E-state index in [-0.39, 0.29) is 23.9 Å². The van der Waals surface area contributed by atoms with Gasteiger partial charge in [0.05, 0.1) is 29.4 Å². The van der Waals surface area contributed by atoms with Crippen LogP contribution in [0.25, 0.3) is 0 Å². The SMILES string of the molecule is COc1cc(CNC(=O)c2cc([N+](=O)[O-])cnc2C)ccc1OC1CCCC1. The summed E-state index contributed by atoms with van der Waals surface area (Å²) in [7, 11) is 1.58. The first-order valence-corrected chi connectivity index (χ1v) is 9.20. The maximum atomic E-state index is 12.4. The number of hydrogen-bond donors (Lipinski definition) is 1. The summed E-state index contributed by atoms with van der Waals surface area (Å²) < 4.78 is 11.4. The number of rotatable bonds is 7. The Hall–Kier alpha value is -3.16. The van der Waals surface area contributed by atoms with Gasteiger partial charge in [-0.3, -0.25) is 19.9 Å². The number of carbonyl (C=O) groups excluding carboxylic acids is 1. The van der Waals surface area contributed by atoms with Gasteiger partial charge >= 0.3 is 0 Å². The van der Waals surface area contributed by atoms with Crippen molar-refractivity contribution in [3.63, 3.8) is 0 Å². The average molecular weight is 385 g/mol. The molecule has 1 N–H and O–H groups in total. The summed E-state index contributed by atoms with van der Waals surface area (Å²) in [5, 5.41) is 13.7. The number of methoxy groups -OCH3 is 1. The van der Waals surface area contributed by atoms with Crippen molar-refractivity contribution in [1.29, 1.82) is 0 Å². The molecule has 148 valence electrons. The van der Waals surface area contributed by atoms with E-state index in [1.54, 1.807) is 14.0 Å².